The van der Waals surface area contributed by atoms with Crippen molar-refractivity contribution in [1.82, 2.24) is 0 Å². The predicted molar refractivity (Wildman–Crippen MR) is 98.0 cm³/mol. The normalized spacial score (nSPS) is 28.7. The molecule has 1 aliphatic heterocycles. The summed E-state index contributed by atoms with van der Waals surface area (Å²) in [6.45, 7) is 6.93. The van der Waals surface area contributed by atoms with Gasteiger partial charge in [-0.1, -0.05) is 38.5 Å². The van der Waals surface area contributed by atoms with E-state index in [1.165, 1.54) is 11.1 Å². The number of aromatic hydroxyl groups is 1. The highest BCUT2D eigenvalue weighted by molar-refractivity contribution is 5.46. The van der Waals surface area contributed by atoms with Gasteiger partial charge in [0.2, 0.25) is 0 Å². The lowest BCUT2D eigenvalue weighted by atomic mass is 9.79. The van der Waals surface area contributed by atoms with Crippen molar-refractivity contribution < 1.29 is 14.9 Å². The minimum absolute atomic E-state index is 0.0217. The largest absolute Gasteiger partial charge is 0.512 e. The fourth-order valence-electron chi connectivity index (χ4n) is 4.43. The third-order valence-electron chi connectivity index (χ3n) is 5.99. The van der Waals surface area contributed by atoms with Crippen molar-refractivity contribution in [2.45, 2.75) is 46.1 Å². The molecule has 0 unspecified atom stereocenters. The molecule has 0 amide bonds. The summed E-state index contributed by atoms with van der Waals surface area (Å²) in [6, 6.07) is 7.39. The summed E-state index contributed by atoms with van der Waals surface area (Å²) in [4.78, 5) is 0. The molecule has 3 heteroatoms. The fraction of sp³-hybridized carbons (Fsp3) is 0.455. The highest BCUT2D eigenvalue weighted by Gasteiger charge is 2.45. The maximum Gasteiger partial charge on any atom is 0.130 e. The Morgan fingerprint density at radius 2 is 1.76 bits per heavy atom. The topological polar surface area (TPSA) is 49.7 Å². The Labute approximate surface area is 149 Å². The Kier molecular flexibility index (Phi) is 3.71. The summed E-state index contributed by atoms with van der Waals surface area (Å²) < 4.78 is 6.41. The Morgan fingerprint density at radius 1 is 1.04 bits per heavy atom. The molecule has 0 radical (unpaired) electrons. The van der Waals surface area contributed by atoms with E-state index in [1.807, 2.05) is 18.2 Å². The number of hydrogen-bond acceptors (Lipinski definition) is 3. The summed E-state index contributed by atoms with van der Waals surface area (Å²) >= 11 is 0. The van der Waals surface area contributed by atoms with Crippen molar-refractivity contribution >= 4 is 0 Å². The van der Waals surface area contributed by atoms with Gasteiger partial charge in [0.05, 0.1) is 5.76 Å². The molecule has 3 aliphatic rings. The van der Waals surface area contributed by atoms with Crippen molar-refractivity contribution in [3.63, 3.8) is 0 Å². The van der Waals surface area contributed by atoms with Gasteiger partial charge >= 0.3 is 0 Å². The molecule has 0 spiro atoms. The monoisotopic (exact) mass is 338 g/mol. The smallest absolute Gasteiger partial charge is 0.130 e. The Hall–Kier alpha value is -2.16. The molecular weight excluding hydrogens is 312 g/mol. The lowest BCUT2D eigenvalue weighted by Gasteiger charge is -2.36. The quantitative estimate of drug-likeness (QED) is 0.704. The molecule has 3 nitrogen and oxygen atoms in total. The Morgan fingerprint density at radius 3 is 2.44 bits per heavy atom. The van der Waals surface area contributed by atoms with Crippen LogP contribution >= 0.6 is 0 Å². The minimum atomic E-state index is -0.0217. The SMILES string of the molecule is CC(C)(C)[C@@H]1CC2=C3CC(O)=CC=C3O[C@@H](c3ccc(O)cc3)[C@H]2C1. The maximum absolute atomic E-state index is 10.0. The highest BCUT2D eigenvalue weighted by atomic mass is 16.5. The molecule has 1 heterocycles. The fourth-order valence-corrected chi connectivity index (χ4v) is 4.43. The van der Waals surface area contributed by atoms with E-state index in [2.05, 4.69) is 20.8 Å². The first kappa shape index (κ1) is 16.3. The van der Waals surface area contributed by atoms with Gasteiger partial charge in [-0.25, -0.2) is 0 Å². The first-order chi connectivity index (χ1) is 11.8. The van der Waals surface area contributed by atoms with E-state index in [4.69, 9.17) is 4.74 Å². The van der Waals surface area contributed by atoms with Crippen LogP contribution in [0.4, 0.5) is 0 Å². The van der Waals surface area contributed by atoms with E-state index in [1.54, 1.807) is 18.2 Å². The van der Waals surface area contributed by atoms with Crippen molar-refractivity contribution in [2.75, 3.05) is 0 Å². The van der Waals surface area contributed by atoms with Crippen LogP contribution in [0.25, 0.3) is 0 Å². The average Bonchev–Trinajstić information content (AvgIpc) is 3.01. The van der Waals surface area contributed by atoms with E-state index >= 15 is 0 Å². The van der Waals surface area contributed by atoms with Crippen LogP contribution in [0.3, 0.4) is 0 Å². The number of aliphatic hydroxyl groups excluding tert-OH is 1. The van der Waals surface area contributed by atoms with Gasteiger partial charge < -0.3 is 14.9 Å². The van der Waals surface area contributed by atoms with Gasteiger partial charge in [0.15, 0.2) is 0 Å². The van der Waals surface area contributed by atoms with Crippen LogP contribution in [-0.4, -0.2) is 10.2 Å². The van der Waals surface area contributed by atoms with Crippen LogP contribution in [0.5, 0.6) is 5.75 Å². The number of phenolic OH excluding ortho intramolecular Hbond substituents is 1. The van der Waals surface area contributed by atoms with Gasteiger partial charge in [-0.2, -0.15) is 0 Å². The second-order valence-electron chi connectivity index (χ2n) is 8.61. The van der Waals surface area contributed by atoms with Crippen LogP contribution < -0.4 is 0 Å². The second-order valence-corrected chi connectivity index (χ2v) is 8.61. The highest BCUT2D eigenvalue weighted by Crippen LogP contribution is 2.56. The summed E-state index contributed by atoms with van der Waals surface area (Å²) in [5.41, 5.74) is 4.00. The summed E-state index contributed by atoms with van der Waals surface area (Å²) in [5.74, 6) is 2.54. The number of fused-ring (bicyclic) bond motifs is 2. The molecule has 2 aliphatic carbocycles. The molecule has 1 aromatic carbocycles. The molecule has 1 fully saturated rings. The van der Waals surface area contributed by atoms with Gasteiger partial charge in [-0.05, 0) is 54.0 Å². The van der Waals surface area contributed by atoms with E-state index in [9.17, 15) is 10.2 Å². The van der Waals surface area contributed by atoms with Crippen LogP contribution in [0, 0.1) is 17.3 Å². The third kappa shape index (κ3) is 2.86. The average molecular weight is 338 g/mol. The molecule has 1 aromatic rings. The number of phenols is 1. The molecule has 25 heavy (non-hydrogen) atoms. The van der Waals surface area contributed by atoms with Gasteiger partial charge in [-0.15, -0.1) is 0 Å². The van der Waals surface area contributed by atoms with Crippen molar-refractivity contribution in [3.05, 3.63) is 64.6 Å². The lowest BCUT2D eigenvalue weighted by Crippen LogP contribution is -2.23. The second kappa shape index (κ2) is 5.69. The molecule has 0 bridgehead atoms. The van der Waals surface area contributed by atoms with Crippen LogP contribution in [0.2, 0.25) is 0 Å². The number of rotatable bonds is 1. The first-order valence-electron chi connectivity index (χ1n) is 9.10. The molecule has 3 atom stereocenters. The molecule has 0 saturated heterocycles. The molecule has 1 saturated carbocycles. The summed E-state index contributed by atoms with van der Waals surface area (Å²) in [7, 11) is 0. The number of aliphatic hydroxyl groups is 1. The van der Waals surface area contributed by atoms with E-state index in [0.29, 0.717) is 24.0 Å². The Balaban J connectivity index is 1.77. The molecule has 0 aromatic heterocycles. The molecule has 2 N–H and O–H groups in total. The molecular formula is C22H26O3. The zero-order valence-corrected chi connectivity index (χ0v) is 15.1. The van der Waals surface area contributed by atoms with Crippen molar-refractivity contribution in [2.24, 2.45) is 17.3 Å². The minimum Gasteiger partial charge on any atom is -0.512 e. The summed E-state index contributed by atoms with van der Waals surface area (Å²) in [5, 5.41) is 19.6. The molecule has 132 valence electrons. The zero-order chi connectivity index (χ0) is 17.8. The van der Waals surface area contributed by atoms with E-state index < -0.39 is 0 Å². The number of allylic oxidation sites excluding steroid dienone is 4. The number of hydrogen-bond donors (Lipinski definition) is 2. The van der Waals surface area contributed by atoms with Gasteiger partial charge in [-0.3, -0.25) is 0 Å². The number of ether oxygens (including phenoxy) is 1. The van der Waals surface area contributed by atoms with Crippen LogP contribution in [-0.2, 0) is 4.74 Å². The van der Waals surface area contributed by atoms with Crippen molar-refractivity contribution in [1.29, 1.82) is 0 Å². The Bertz CT molecular complexity index is 774. The lowest BCUT2D eigenvalue weighted by molar-refractivity contribution is 0.0633. The zero-order valence-electron chi connectivity index (χ0n) is 15.1. The van der Waals surface area contributed by atoms with E-state index in [-0.39, 0.29) is 17.3 Å². The maximum atomic E-state index is 10.0. The first-order valence-corrected chi connectivity index (χ1v) is 9.10. The van der Waals surface area contributed by atoms with Crippen molar-refractivity contribution in [3.8, 4) is 5.75 Å². The van der Waals surface area contributed by atoms with Gasteiger partial charge in [0.25, 0.3) is 0 Å². The van der Waals surface area contributed by atoms with E-state index in [0.717, 1.165) is 24.2 Å². The van der Waals surface area contributed by atoms with Crippen LogP contribution in [0.1, 0.15) is 51.7 Å². The van der Waals surface area contributed by atoms with Gasteiger partial charge in [0.1, 0.15) is 17.6 Å². The molecule has 4 rings (SSSR count). The standard InChI is InChI=1S/C22H26O3/c1-22(2,3)14-10-17-18-12-16(24)8-9-20(18)25-21(19(17)11-14)13-4-6-15(23)7-5-13/h4-9,14,19,21,23-24H,10-12H2,1-3H3/t14-,19+,21+/m1/s1. The predicted octanol–water partition coefficient (Wildman–Crippen LogP) is 5.56. The summed E-state index contributed by atoms with van der Waals surface area (Å²) in [6.07, 6.45) is 6.37. The third-order valence-corrected chi connectivity index (χ3v) is 5.99. The number of benzene rings is 1. The van der Waals surface area contributed by atoms with Crippen LogP contribution in [0.15, 0.2) is 59.1 Å². The van der Waals surface area contributed by atoms with Gasteiger partial charge in [0, 0.05) is 17.9 Å².